The summed E-state index contributed by atoms with van der Waals surface area (Å²) in [4.78, 5) is 49.3. The predicted molar refractivity (Wildman–Crippen MR) is 81.9 cm³/mol. The minimum Gasteiger partial charge on any atom is -0.463 e. The van der Waals surface area contributed by atoms with Crippen LogP contribution in [-0.2, 0) is 25.5 Å². The maximum atomic E-state index is 11.4. The molecule has 126 valence electrons. The van der Waals surface area contributed by atoms with E-state index in [1.807, 2.05) is 13.8 Å². The topological polar surface area (TPSA) is 118 Å². The molecule has 0 aromatic carbocycles. The van der Waals surface area contributed by atoms with Crippen LogP contribution in [0.15, 0.2) is 27.8 Å². The molecule has 1 heterocycles. The Kier molecular flexibility index (Phi) is 7.52. The first-order chi connectivity index (χ1) is 10.9. The fourth-order valence-electron chi connectivity index (χ4n) is 1.57. The molecular formula is C15H20N2O6. The number of aryl methyl sites for hydroxylation is 1. The van der Waals surface area contributed by atoms with Crippen LogP contribution in [0.4, 0.5) is 0 Å². The molecular weight excluding hydrogens is 304 g/mol. The van der Waals surface area contributed by atoms with Crippen molar-refractivity contribution in [2.24, 2.45) is 5.92 Å². The van der Waals surface area contributed by atoms with E-state index in [1.54, 1.807) is 0 Å². The number of carbonyl (C=O) groups excluding carboxylic acids is 2. The molecule has 2 N–H and O–H groups in total. The molecule has 8 nitrogen and oxygen atoms in total. The first-order valence-electron chi connectivity index (χ1n) is 7.21. The van der Waals surface area contributed by atoms with Crippen molar-refractivity contribution in [3.05, 3.63) is 44.8 Å². The zero-order valence-corrected chi connectivity index (χ0v) is 13.1. The third-order valence-corrected chi connectivity index (χ3v) is 2.57. The number of rotatable bonds is 8. The van der Waals surface area contributed by atoms with Crippen molar-refractivity contribution in [1.29, 1.82) is 0 Å². The van der Waals surface area contributed by atoms with Crippen molar-refractivity contribution in [2.45, 2.75) is 26.7 Å². The van der Waals surface area contributed by atoms with Crippen LogP contribution in [0.1, 0.15) is 26.0 Å². The Morgan fingerprint density at radius 3 is 2.39 bits per heavy atom. The summed E-state index contributed by atoms with van der Waals surface area (Å²) in [6.45, 7) is 4.18. The lowest BCUT2D eigenvalue weighted by Crippen LogP contribution is -2.23. The Bertz CT molecular complexity index is 643. The summed E-state index contributed by atoms with van der Waals surface area (Å²) < 4.78 is 9.75. The van der Waals surface area contributed by atoms with Gasteiger partial charge in [0.1, 0.15) is 0 Å². The van der Waals surface area contributed by atoms with Crippen molar-refractivity contribution in [2.75, 3.05) is 13.2 Å². The van der Waals surface area contributed by atoms with Crippen LogP contribution in [0.2, 0.25) is 0 Å². The summed E-state index contributed by atoms with van der Waals surface area (Å²) in [5.74, 6) is -1.04. The van der Waals surface area contributed by atoms with Gasteiger partial charge in [-0.25, -0.2) is 14.4 Å². The lowest BCUT2D eigenvalue weighted by Gasteiger charge is -2.04. The molecule has 1 aromatic rings. The molecule has 0 radical (unpaired) electrons. The van der Waals surface area contributed by atoms with Gasteiger partial charge in [0, 0.05) is 23.9 Å². The van der Waals surface area contributed by atoms with Crippen molar-refractivity contribution < 1.29 is 19.1 Å². The minimum atomic E-state index is -0.661. The van der Waals surface area contributed by atoms with Crippen molar-refractivity contribution in [1.82, 2.24) is 9.97 Å². The summed E-state index contributed by atoms with van der Waals surface area (Å²) in [6, 6.07) is 1.27. The van der Waals surface area contributed by atoms with E-state index < -0.39 is 23.2 Å². The summed E-state index contributed by atoms with van der Waals surface area (Å²) in [5.41, 5.74) is -0.599. The van der Waals surface area contributed by atoms with Gasteiger partial charge in [0.15, 0.2) is 0 Å². The maximum Gasteiger partial charge on any atom is 0.331 e. The lowest BCUT2D eigenvalue weighted by molar-refractivity contribution is -0.141. The Morgan fingerprint density at radius 2 is 1.78 bits per heavy atom. The monoisotopic (exact) mass is 324 g/mol. The Morgan fingerprint density at radius 1 is 1.13 bits per heavy atom. The van der Waals surface area contributed by atoms with Gasteiger partial charge in [0.25, 0.3) is 5.56 Å². The second-order valence-corrected chi connectivity index (χ2v) is 5.24. The molecule has 0 unspecified atom stereocenters. The molecule has 0 aliphatic heterocycles. The summed E-state index contributed by atoms with van der Waals surface area (Å²) in [6.07, 6.45) is 2.82. The molecule has 1 aromatic heterocycles. The third-order valence-electron chi connectivity index (χ3n) is 2.57. The van der Waals surface area contributed by atoms with E-state index in [4.69, 9.17) is 9.47 Å². The normalized spacial score (nSPS) is 10.9. The zero-order valence-electron chi connectivity index (χ0n) is 13.1. The fourth-order valence-corrected chi connectivity index (χ4v) is 1.57. The van der Waals surface area contributed by atoms with Crippen LogP contribution in [-0.4, -0.2) is 35.1 Å². The third kappa shape index (κ3) is 8.40. The van der Waals surface area contributed by atoms with Gasteiger partial charge >= 0.3 is 17.6 Å². The van der Waals surface area contributed by atoms with E-state index >= 15 is 0 Å². The van der Waals surface area contributed by atoms with Crippen LogP contribution in [0.25, 0.3) is 0 Å². The molecule has 0 fully saturated rings. The average Bonchev–Trinajstić information content (AvgIpc) is 2.46. The average molecular weight is 324 g/mol. The van der Waals surface area contributed by atoms with Gasteiger partial charge in [0.2, 0.25) is 0 Å². The van der Waals surface area contributed by atoms with Gasteiger partial charge in [-0.1, -0.05) is 13.8 Å². The molecule has 1 rings (SSSR count). The lowest BCUT2D eigenvalue weighted by atomic mass is 10.2. The van der Waals surface area contributed by atoms with E-state index in [-0.39, 0.29) is 19.1 Å². The highest BCUT2D eigenvalue weighted by Crippen LogP contribution is 1.96. The molecule has 0 atom stereocenters. The summed E-state index contributed by atoms with van der Waals surface area (Å²) in [7, 11) is 0. The maximum absolute atomic E-state index is 11.4. The van der Waals surface area contributed by atoms with E-state index in [2.05, 4.69) is 9.97 Å². The second kappa shape index (κ2) is 9.39. The minimum absolute atomic E-state index is 0.0963. The summed E-state index contributed by atoms with van der Waals surface area (Å²) >= 11 is 0. The van der Waals surface area contributed by atoms with Crippen LogP contribution >= 0.6 is 0 Å². The quantitative estimate of drug-likeness (QED) is 0.403. The van der Waals surface area contributed by atoms with E-state index in [9.17, 15) is 19.2 Å². The SMILES string of the molecule is CC(C)COC(=O)/C=C/C(=O)OCCCc1cc(=O)[nH]c(=O)[nH]1. The first-order valence-corrected chi connectivity index (χ1v) is 7.21. The van der Waals surface area contributed by atoms with Gasteiger partial charge in [-0.2, -0.15) is 0 Å². The Labute approximate surface area is 132 Å². The number of hydrogen-bond acceptors (Lipinski definition) is 6. The number of H-pyrrole nitrogens is 2. The Hall–Kier alpha value is -2.64. The van der Waals surface area contributed by atoms with Crippen molar-refractivity contribution in [3.63, 3.8) is 0 Å². The summed E-state index contributed by atoms with van der Waals surface area (Å²) in [5, 5.41) is 0. The van der Waals surface area contributed by atoms with Gasteiger partial charge in [-0.3, -0.25) is 9.78 Å². The van der Waals surface area contributed by atoms with Crippen LogP contribution < -0.4 is 11.2 Å². The number of aromatic nitrogens is 2. The zero-order chi connectivity index (χ0) is 17.2. The Balaban J connectivity index is 2.27. The molecule has 0 saturated carbocycles. The van der Waals surface area contributed by atoms with Crippen LogP contribution in [0, 0.1) is 5.92 Å². The van der Waals surface area contributed by atoms with E-state index in [1.165, 1.54) is 6.07 Å². The number of carbonyl (C=O) groups is 2. The molecule has 8 heteroatoms. The largest absolute Gasteiger partial charge is 0.463 e. The molecule has 0 aliphatic carbocycles. The molecule has 0 bridgehead atoms. The van der Waals surface area contributed by atoms with Gasteiger partial charge in [-0.05, 0) is 18.8 Å². The van der Waals surface area contributed by atoms with Crippen molar-refractivity contribution in [3.8, 4) is 0 Å². The number of esters is 2. The molecule has 0 spiro atoms. The number of aromatic amines is 2. The van der Waals surface area contributed by atoms with Gasteiger partial charge in [0.05, 0.1) is 13.2 Å². The van der Waals surface area contributed by atoms with E-state index in [0.29, 0.717) is 18.5 Å². The van der Waals surface area contributed by atoms with Crippen LogP contribution in [0.3, 0.4) is 0 Å². The number of nitrogens with one attached hydrogen (secondary N) is 2. The van der Waals surface area contributed by atoms with Gasteiger partial charge < -0.3 is 14.5 Å². The molecule has 0 saturated heterocycles. The highest BCUT2D eigenvalue weighted by Gasteiger charge is 2.03. The highest BCUT2D eigenvalue weighted by molar-refractivity contribution is 5.91. The number of hydrogen-bond donors (Lipinski definition) is 2. The fraction of sp³-hybridized carbons (Fsp3) is 0.467. The smallest absolute Gasteiger partial charge is 0.331 e. The molecule has 23 heavy (non-hydrogen) atoms. The second-order valence-electron chi connectivity index (χ2n) is 5.24. The van der Waals surface area contributed by atoms with E-state index in [0.717, 1.165) is 12.2 Å². The number of ether oxygens (including phenoxy) is 2. The first kappa shape index (κ1) is 18.4. The standard InChI is InChI=1S/C15H20N2O6/c1-10(2)9-23-14(20)6-5-13(19)22-7-3-4-11-8-12(18)17-15(21)16-11/h5-6,8,10H,3-4,7,9H2,1-2H3,(H2,16,17,18,21)/b6-5+. The predicted octanol–water partition coefficient (Wildman–Crippen LogP) is 0.294. The van der Waals surface area contributed by atoms with Crippen molar-refractivity contribution >= 4 is 11.9 Å². The molecule has 0 amide bonds. The van der Waals surface area contributed by atoms with Gasteiger partial charge in [-0.15, -0.1) is 0 Å². The van der Waals surface area contributed by atoms with Crippen LogP contribution in [0.5, 0.6) is 0 Å². The highest BCUT2D eigenvalue weighted by atomic mass is 16.5. The molecule has 0 aliphatic rings.